The standard InChI is InChI=1S/C13H24N2O2/c14-10-7-5-9(6-8-10)13(17)15-11-3-1-2-4-12(11)16/h9-12,16H,1-8,14H2,(H,15,17)/t9?,10?,11-,12-/m0/s1. The number of nitrogens with two attached hydrogens (primary N) is 1. The summed E-state index contributed by atoms with van der Waals surface area (Å²) in [6.45, 7) is 0. The molecule has 0 spiro atoms. The fourth-order valence-electron chi connectivity index (χ4n) is 2.96. The molecule has 0 bridgehead atoms. The van der Waals surface area contributed by atoms with Gasteiger partial charge in [0.25, 0.3) is 0 Å². The Hall–Kier alpha value is -0.610. The van der Waals surface area contributed by atoms with E-state index in [2.05, 4.69) is 5.32 Å². The first-order chi connectivity index (χ1) is 8.16. The van der Waals surface area contributed by atoms with Gasteiger partial charge in [-0.1, -0.05) is 12.8 Å². The molecule has 0 radical (unpaired) electrons. The van der Waals surface area contributed by atoms with Gasteiger partial charge in [-0.05, 0) is 38.5 Å². The lowest BCUT2D eigenvalue weighted by Gasteiger charge is -2.31. The first kappa shape index (κ1) is 12.8. The third kappa shape index (κ3) is 3.42. The van der Waals surface area contributed by atoms with Crippen molar-refractivity contribution in [3.8, 4) is 0 Å². The largest absolute Gasteiger partial charge is 0.391 e. The Labute approximate surface area is 103 Å². The molecule has 0 unspecified atom stereocenters. The minimum Gasteiger partial charge on any atom is -0.391 e. The summed E-state index contributed by atoms with van der Waals surface area (Å²) in [5.41, 5.74) is 5.83. The van der Waals surface area contributed by atoms with Crippen molar-refractivity contribution < 1.29 is 9.90 Å². The van der Waals surface area contributed by atoms with Crippen molar-refractivity contribution in [3.05, 3.63) is 0 Å². The number of nitrogens with one attached hydrogen (secondary N) is 1. The smallest absolute Gasteiger partial charge is 0.223 e. The van der Waals surface area contributed by atoms with E-state index in [1.165, 1.54) is 0 Å². The summed E-state index contributed by atoms with van der Waals surface area (Å²) < 4.78 is 0. The number of amides is 1. The van der Waals surface area contributed by atoms with Gasteiger partial charge in [0.2, 0.25) is 5.91 Å². The molecule has 4 N–H and O–H groups in total. The maximum atomic E-state index is 12.1. The predicted octanol–water partition coefficient (Wildman–Crippen LogP) is 0.924. The molecule has 1 amide bonds. The van der Waals surface area contributed by atoms with Crippen LogP contribution in [-0.2, 0) is 4.79 Å². The highest BCUT2D eigenvalue weighted by atomic mass is 16.3. The molecular formula is C13H24N2O2. The van der Waals surface area contributed by atoms with Crippen LogP contribution in [0.25, 0.3) is 0 Å². The molecule has 0 aromatic carbocycles. The van der Waals surface area contributed by atoms with E-state index < -0.39 is 0 Å². The third-order valence-corrected chi connectivity index (χ3v) is 4.20. The van der Waals surface area contributed by atoms with E-state index in [4.69, 9.17) is 5.73 Å². The number of aliphatic hydroxyl groups is 1. The first-order valence-corrected chi connectivity index (χ1v) is 6.91. The summed E-state index contributed by atoms with van der Waals surface area (Å²) >= 11 is 0. The van der Waals surface area contributed by atoms with Crippen LogP contribution >= 0.6 is 0 Å². The second-order valence-corrected chi connectivity index (χ2v) is 5.58. The van der Waals surface area contributed by atoms with Crippen molar-refractivity contribution in [1.29, 1.82) is 0 Å². The second-order valence-electron chi connectivity index (χ2n) is 5.58. The van der Waals surface area contributed by atoms with E-state index in [1.54, 1.807) is 0 Å². The summed E-state index contributed by atoms with van der Waals surface area (Å²) in [6.07, 6.45) is 7.27. The SMILES string of the molecule is NC1CCC(C(=O)N[C@H]2CCCC[C@@H]2O)CC1. The number of rotatable bonds is 2. The molecule has 2 saturated carbocycles. The highest BCUT2D eigenvalue weighted by Gasteiger charge is 2.29. The van der Waals surface area contributed by atoms with Crippen LogP contribution in [0.2, 0.25) is 0 Å². The topological polar surface area (TPSA) is 75.4 Å². The number of carbonyl (C=O) groups excluding carboxylic acids is 1. The maximum absolute atomic E-state index is 12.1. The minimum atomic E-state index is -0.349. The molecule has 2 fully saturated rings. The van der Waals surface area contributed by atoms with Crippen molar-refractivity contribution in [1.82, 2.24) is 5.32 Å². The fourth-order valence-corrected chi connectivity index (χ4v) is 2.96. The Morgan fingerprint density at radius 1 is 1.06 bits per heavy atom. The molecule has 98 valence electrons. The fraction of sp³-hybridized carbons (Fsp3) is 0.923. The maximum Gasteiger partial charge on any atom is 0.223 e. The van der Waals surface area contributed by atoms with E-state index in [-0.39, 0.29) is 30.0 Å². The molecule has 0 heterocycles. The van der Waals surface area contributed by atoms with Gasteiger partial charge in [-0.25, -0.2) is 0 Å². The van der Waals surface area contributed by atoms with Gasteiger partial charge >= 0.3 is 0 Å². The molecule has 4 heteroatoms. The van der Waals surface area contributed by atoms with E-state index in [9.17, 15) is 9.90 Å². The molecule has 2 aliphatic rings. The predicted molar refractivity (Wildman–Crippen MR) is 66.3 cm³/mol. The van der Waals surface area contributed by atoms with E-state index in [0.29, 0.717) is 0 Å². The van der Waals surface area contributed by atoms with Crippen molar-refractivity contribution in [2.45, 2.75) is 69.6 Å². The van der Waals surface area contributed by atoms with Crippen LogP contribution in [0.1, 0.15) is 51.4 Å². The first-order valence-electron chi connectivity index (χ1n) is 6.91. The lowest BCUT2D eigenvalue weighted by Crippen LogP contribution is -2.48. The Morgan fingerprint density at radius 2 is 1.71 bits per heavy atom. The van der Waals surface area contributed by atoms with Crippen molar-refractivity contribution in [2.24, 2.45) is 11.7 Å². The van der Waals surface area contributed by atoms with Gasteiger partial charge in [0.05, 0.1) is 12.1 Å². The molecule has 2 atom stereocenters. The summed E-state index contributed by atoms with van der Waals surface area (Å²) in [6, 6.07) is 0.256. The second kappa shape index (κ2) is 5.83. The molecular weight excluding hydrogens is 216 g/mol. The Bertz CT molecular complexity index is 262. The zero-order valence-corrected chi connectivity index (χ0v) is 10.4. The van der Waals surface area contributed by atoms with Crippen LogP contribution < -0.4 is 11.1 Å². The van der Waals surface area contributed by atoms with Gasteiger partial charge in [0, 0.05) is 12.0 Å². The van der Waals surface area contributed by atoms with Gasteiger partial charge in [-0.3, -0.25) is 4.79 Å². The van der Waals surface area contributed by atoms with Gasteiger partial charge < -0.3 is 16.2 Å². The van der Waals surface area contributed by atoms with Gasteiger partial charge in [0.1, 0.15) is 0 Å². The van der Waals surface area contributed by atoms with Crippen LogP contribution in [0.3, 0.4) is 0 Å². The summed E-state index contributed by atoms with van der Waals surface area (Å²) in [7, 11) is 0. The Balaban J connectivity index is 1.79. The van der Waals surface area contributed by atoms with Crippen molar-refractivity contribution in [3.63, 3.8) is 0 Å². The van der Waals surface area contributed by atoms with E-state index in [1.807, 2.05) is 0 Å². The quantitative estimate of drug-likeness (QED) is 0.672. The molecule has 0 aromatic rings. The van der Waals surface area contributed by atoms with Crippen molar-refractivity contribution >= 4 is 5.91 Å². The number of hydrogen-bond acceptors (Lipinski definition) is 3. The monoisotopic (exact) mass is 240 g/mol. The summed E-state index contributed by atoms with van der Waals surface area (Å²) in [4.78, 5) is 12.1. The zero-order chi connectivity index (χ0) is 12.3. The molecule has 2 rings (SSSR count). The minimum absolute atomic E-state index is 0.0214. The van der Waals surface area contributed by atoms with Gasteiger partial charge in [-0.2, -0.15) is 0 Å². The molecule has 17 heavy (non-hydrogen) atoms. The van der Waals surface area contributed by atoms with Gasteiger partial charge in [0.15, 0.2) is 0 Å². The van der Waals surface area contributed by atoms with E-state index >= 15 is 0 Å². The average Bonchev–Trinajstić information content (AvgIpc) is 2.33. The van der Waals surface area contributed by atoms with Crippen LogP contribution in [0.15, 0.2) is 0 Å². The normalized spacial score (nSPS) is 38.7. The van der Waals surface area contributed by atoms with Crippen molar-refractivity contribution in [2.75, 3.05) is 0 Å². The average molecular weight is 240 g/mol. The van der Waals surface area contributed by atoms with Crippen LogP contribution in [-0.4, -0.2) is 29.2 Å². The third-order valence-electron chi connectivity index (χ3n) is 4.20. The molecule has 0 aromatic heterocycles. The summed E-state index contributed by atoms with van der Waals surface area (Å²) in [5, 5.41) is 12.8. The van der Waals surface area contributed by atoms with E-state index in [0.717, 1.165) is 51.4 Å². The number of carbonyl (C=O) groups is 1. The highest BCUT2D eigenvalue weighted by molar-refractivity contribution is 5.79. The Kier molecular flexibility index (Phi) is 4.40. The Morgan fingerprint density at radius 3 is 2.35 bits per heavy atom. The van der Waals surface area contributed by atoms with Gasteiger partial charge in [-0.15, -0.1) is 0 Å². The lowest BCUT2D eigenvalue weighted by atomic mass is 9.85. The molecule has 4 nitrogen and oxygen atoms in total. The number of aliphatic hydroxyl groups excluding tert-OH is 1. The molecule has 0 aliphatic heterocycles. The zero-order valence-electron chi connectivity index (χ0n) is 10.4. The molecule has 2 aliphatic carbocycles. The van der Waals surface area contributed by atoms with Crippen LogP contribution in [0, 0.1) is 5.92 Å². The summed E-state index contributed by atoms with van der Waals surface area (Å²) in [5.74, 6) is 0.242. The lowest BCUT2D eigenvalue weighted by molar-refractivity contribution is -0.128. The van der Waals surface area contributed by atoms with Crippen LogP contribution in [0.5, 0.6) is 0 Å². The highest BCUT2D eigenvalue weighted by Crippen LogP contribution is 2.24. The van der Waals surface area contributed by atoms with Crippen LogP contribution in [0.4, 0.5) is 0 Å². The molecule has 0 saturated heterocycles. The number of hydrogen-bond donors (Lipinski definition) is 3.